The van der Waals surface area contributed by atoms with Crippen LogP contribution in [0.1, 0.15) is 29.5 Å². The fraction of sp³-hybridized carbons (Fsp3) is 0.455. The lowest BCUT2D eigenvalue weighted by Gasteiger charge is -2.16. The van der Waals surface area contributed by atoms with Crippen LogP contribution in [0, 0.1) is 12.8 Å². The third-order valence-corrected chi connectivity index (χ3v) is 4.79. The Morgan fingerprint density at radius 2 is 1.93 bits per heavy atom. The van der Waals surface area contributed by atoms with Crippen molar-refractivity contribution in [1.82, 2.24) is 15.6 Å². The van der Waals surface area contributed by atoms with E-state index in [-0.39, 0.29) is 24.0 Å². The van der Waals surface area contributed by atoms with Crippen molar-refractivity contribution in [3.8, 4) is 5.75 Å². The van der Waals surface area contributed by atoms with Crippen molar-refractivity contribution in [3.63, 3.8) is 0 Å². The zero-order valence-electron chi connectivity index (χ0n) is 17.7. The minimum Gasteiger partial charge on any atom is -0.493 e. The summed E-state index contributed by atoms with van der Waals surface area (Å²) in [4.78, 5) is 10.7. The highest BCUT2D eigenvalue weighted by atomic mass is 127. The molecule has 0 atom stereocenters. The Hall–Kier alpha value is -2.03. The number of nitrogens with zero attached hydrogens (tertiary/aromatic N) is 3. The van der Waals surface area contributed by atoms with E-state index in [1.165, 1.54) is 18.4 Å². The summed E-state index contributed by atoms with van der Waals surface area (Å²) in [5.74, 6) is 3.42. The lowest BCUT2D eigenvalue weighted by Crippen LogP contribution is -2.36. The predicted octanol–water partition coefficient (Wildman–Crippen LogP) is 3.73. The quantitative estimate of drug-likeness (QED) is 0.323. The van der Waals surface area contributed by atoms with Gasteiger partial charge >= 0.3 is 0 Å². The van der Waals surface area contributed by atoms with Gasteiger partial charge in [-0.25, -0.2) is 4.98 Å². The molecule has 1 fully saturated rings. The number of aryl methyl sites for hydroxylation is 1. The van der Waals surface area contributed by atoms with Crippen molar-refractivity contribution in [2.45, 2.75) is 32.9 Å². The van der Waals surface area contributed by atoms with Gasteiger partial charge in [0, 0.05) is 46.0 Å². The van der Waals surface area contributed by atoms with E-state index < -0.39 is 0 Å². The van der Waals surface area contributed by atoms with Crippen molar-refractivity contribution >= 4 is 35.8 Å². The Labute approximate surface area is 191 Å². The summed E-state index contributed by atoms with van der Waals surface area (Å²) in [5, 5.41) is 6.75. The Bertz CT molecular complexity index is 821. The fourth-order valence-corrected chi connectivity index (χ4v) is 2.83. The molecule has 2 N–H and O–H groups in total. The van der Waals surface area contributed by atoms with Gasteiger partial charge in [0.05, 0.1) is 6.61 Å². The topological polar surface area (TPSA) is 61.8 Å². The molecule has 0 amide bonds. The smallest absolute Gasteiger partial charge is 0.191 e. The molecule has 29 heavy (non-hydrogen) atoms. The number of guanidine groups is 1. The molecule has 1 aromatic carbocycles. The molecule has 0 bridgehead atoms. The van der Waals surface area contributed by atoms with Gasteiger partial charge in [-0.3, -0.25) is 4.99 Å². The van der Waals surface area contributed by atoms with Gasteiger partial charge in [0.2, 0.25) is 0 Å². The number of benzene rings is 1. The van der Waals surface area contributed by atoms with E-state index in [0.717, 1.165) is 41.2 Å². The lowest BCUT2D eigenvalue weighted by atomic mass is 10.1. The van der Waals surface area contributed by atoms with E-state index >= 15 is 0 Å². The van der Waals surface area contributed by atoms with Crippen LogP contribution in [0.2, 0.25) is 0 Å². The monoisotopic (exact) mass is 509 g/mol. The molecule has 0 spiro atoms. The SMILES string of the molecule is CN=C(NCc1ccnc(N(C)C)c1)NCc1ccc(C)cc1OCC1CC1.I. The maximum absolute atomic E-state index is 6.06. The molecular formula is C22H32IN5O. The molecule has 3 rings (SSSR count). The molecule has 1 heterocycles. The van der Waals surface area contributed by atoms with Gasteiger partial charge in [-0.05, 0) is 55.0 Å². The standard InChI is InChI=1S/C22H31N5O.HI/c1-16-5-8-19(20(11-16)28-15-17-6-7-17)14-26-22(23-2)25-13-18-9-10-24-21(12-18)27(3)4;/h5,8-12,17H,6-7,13-15H2,1-4H3,(H2,23,25,26);1H. The molecule has 7 heteroatoms. The molecule has 0 saturated heterocycles. The Kier molecular flexibility index (Phi) is 9.00. The van der Waals surface area contributed by atoms with Crippen molar-refractivity contribution in [2.24, 2.45) is 10.9 Å². The summed E-state index contributed by atoms with van der Waals surface area (Å²) in [5.41, 5.74) is 3.52. The number of aliphatic imine (C=N–C) groups is 1. The minimum atomic E-state index is 0. The van der Waals surface area contributed by atoms with Gasteiger partial charge < -0.3 is 20.3 Å². The molecule has 2 aromatic rings. The summed E-state index contributed by atoms with van der Waals surface area (Å²) in [6.07, 6.45) is 4.42. The maximum Gasteiger partial charge on any atom is 0.191 e. The second-order valence-electron chi connectivity index (χ2n) is 7.56. The minimum absolute atomic E-state index is 0. The number of aromatic nitrogens is 1. The van der Waals surface area contributed by atoms with Crippen LogP contribution in [0.15, 0.2) is 41.5 Å². The van der Waals surface area contributed by atoms with Gasteiger partial charge in [0.1, 0.15) is 11.6 Å². The first kappa shape index (κ1) is 23.3. The zero-order valence-corrected chi connectivity index (χ0v) is 20.1. The Balaban J connectivity index is 0.00000300. The first-order valence-corrected chi connectivity index (χ1v) is 9.84. The van der Waals surface area contributed by atoms with Gasteiger partial charge in [-0.15, -0.1) is 24.0 Å². The molecule has 0 unspecified atom stereocenters. The van der Waals surface area contributed by atoms with Gasteiger partial charge in [-0.2, -0.15) is 0 Å². The van der Waals surface area contributed by atoms with Gasteiger partial charge in [0.25, 0.3) is 0 Å². The van der Waals surface area contributed by atoms with Crippen LogP contribution in [0.5, 0.6) is 5.75 Å². The van der Waals surface area contributed by atoms with Crippen LogP contribution in [0.4, 0.5) is 5.82 Å². The number of nitrogens with one attached hydrogen (secondary N) is 2. The van der Waals surface area contributed by atoms with Crippen LogP contribution in [-0.2, 0) is 13.1 Å². The van der Waals surface area contributed by atoms with E-state index in [1.807, 2.05) is 31.3 Å². The first-order valence-electron chi connectivity index (χ1n) is 9.84. The third kappa shape index (κ3) is 7.38. The summed E-state index contributed by atoms with van der Waals surface area (Å²) in [6, 6.07) is 10.5. The van der Waals surface area contributed by atoms with Gasteiger partial charge in [-0.1, -0.05) is 12.1 Å². The van der Waals surface area contributed by atoms with Crippen molar-refractivity contribution in [1.29, 1.82) is 0 Å². The first-order chi connectivity index (χ1) is 13.5. The molecule has 6 nitrogen and oxygen atoms in total. The van der Waals surface area contributed by atoms with Crippen LogP contribution in [0.3, 0.4) is 0 Å². The molecule has 1 aliphatic rings. The number of pyridine rings is 1. The molecular weight excluding hydrogens is 477 g/mol. The summed E-state index contributed by atoms with van der Waals surface area (Å²) >= 11 is 0. The number of rotatable bonds is 8. The Morgan fingerprint density at radius 3 is 2.62 bits per heavy atom. The van der Waals surface area contributed by atoms with Crippen LogP contribution >= 0.6 is 24.0 Å². The average Bonchev–Trinajstić information content (AvgIpc) is 3.52. The predicted molar refractivity (Wildman–Crippen MR) is 130 cm³/mol. The molecule has 1 aliphatic carbocycles. The largest absolute Gasteiger partial charge is 0.493 e. The second-order valence-corrected chi connectivity index (χ2v) is 7.56. The highest BCUT2D eigenvalue weighted by molar-refractivity contribution is 14.0. The van der Waals surface area contributed by atoms with Crippen LogP contribution in [0.25, 0.3) is 0 Å². The van der Waals surface area contributed by atoms with Gasteiger partial charge in [0.15, 0.2) is 5.96 Å². The summed E-state index contributed by atoms with van der Waals surface area (Å²) in [7, 11) is 5.77. The van der Waals surface area contributed by atoms with Crippen molar-refractivity contribution in [2.75, 3.05) is 32.6 Å². The van der Waals surface area contributed by atoms with E-state index in [4.69, 9.17) is 4.74 Å². The highest BCUT2D eigenvalue weighted by Gasteiger charge is 2.22. The van der Waals surface area contributed by atoms with Crippen molar-refractivity contribution < 1.29 is 4.74 Å². The summed E-state index contributed by atoms with van der Waals surface area (Å²) < 4.78 is 6.06. The average molecular weight is 509 g/mol. The van der Waals surface area contributed by atoms with Crippen LogP contribution < -0.4 is 20.3 Å². The zero-order chi connectivity index (χ0) is 19.9. The van der Waals surface area contributed by atoms with Crippen LogP contribution in [-0.4, -0.2) is 38.7 Å². The molecule has 0 aliphatic heterocycles. The van der Waals surface area contributed by atoms with E-state index in [2.05, 4.69) is 51.8 Å². The molecule has 158 valence electrons. The van der Waals surface area contributed by atoms with E-state index in [9.17, 15) is 0 Å². The summed E-state index contributed by atoms with van der Waals surface area (Å²) in [6.45, 7) is 4.26. The molecule has 1 saturated carbocycles. The van der Waals surface area contributed by atoms with Crippen molar-refractivity contribution in [3.05, 3.63) is 53.2 Å². The third-order valence-electron chi connectivity index (χ3n) is 4.79. The van der Waals surface area contributed by atoms with E-state index in [1.54, 1.807) is 7.05 Å². The molecule has 1 aromatic heterocycles. The molecule has 0 radical (unpaired) electrons. The fourth-order valence-electron chi connectivity index (χ4n) is 2.83. The number of hydrogen-bond donors (Lipinski definition) is 2. The highest BCUT2D eigenvalue weighted by Crippen LogP contribution is 2.30. The second kappa shape index (κ2) is 11.2. The number of hydrogen-bond acceptors (Lipinski definition) is 4. The number of halogens is 1. The maximum atomic E-state index is 6.06. The lowest BCUT2D eigenvalue weighted by molar-refractivity contribution is 0.296. The normalized spacial score (nSPS) is 13.4. The van der Waals surface area contributed by atoms with E-state index in [0.29, 0.717) is 13.1 Å². The number of anilines is 1. The Morgan fingerprint density at radius 1 is 1.17 bits per heavy atom. The number of ether oxygens (including phenoxy) is 1.